The van der Waals surface area contributed by atoms with E-state index in [0.29, 0.717) is 31.5 Å². The lowest BCUT2D eigenvalue weighted by molar-refractivity contribution is -0.205. The molecule has 2 saturated carbocycles. The third-order valence-corrected chi connectivity index (χ3v) is 6.10. The first-order valence-corrected chi connectivity index (χ1v) is 9.84. The molecule has 0 bridgehead atoms. The summed E-state index contributed by atoms with van der Waals surface area (Å²) < 4.78 is 6.16. The Morgan fingerprint density at radius 1 is 1.24 bits per heavy atom. The lowest BCUT2D eigenvalue weighted by Gasteiger charge is -2.55. The van der Waals surface area contributed by atoms with Crippen LogP contribution in [0.2, 0.25) is 0 Å². The molecule has 0 aromatic carbocycles. The Hall–Kier alpha value is -1.14. The number of hydrogen-bond donors (Lipinski definition) is 1. The third-order valence-electron chi connectivity index (χ3n) is 6.10. The summed E-state index contributed by atoms with van der Waals surface area (Å²) in [7, 11) is 0. The van der Waals surface area contributed by atoms with Crippen molar-refractivity contribution in [3.63, 3.8) is 0 Å². The number of rotatable bonds is 5. The fourth-order valence-electron chi connectivity index (χ4n) is 4.23. The van der Waals surface area contributed by atoms with Crippen molar-refractivity contribution in [1.82, 2.24) is 15.1 Å². The van der Waals surface area contributed by atoms with Gasteiger partial charge in [-0.15, -0.1) is 0 Å². The van der Waals surface area contributed by atoms with Crippen LogP contribution in [0.15, 0.2) is 0 Å². The number of morpholine rings is 1. The van der Waals surface area contributed by atoms with Gasteiger partial charge < -0.3 is 15.0 Å². The molecule has 3 atom stereocenters. The molecule has 2 heterocycles. The second kappa shape index (κ2) is 6.23. The molecular formula is C19H31N3O3. The highest BCUT2D eigenvalue weighted by atomic mass is 16.5. The van der Waals surface area contributed by atoms with Gasteiger partial charge in [0.05, 0.1) is 19.7 Å². The maximum absolute atomic E-state index is 12.5. The monoisotopic (exact) mass is 349 g/mol. The van der Waals surface area contributed by atoms with E-state index >= 15 is 0 Å². The highest BCUT2D eigenvalue weighted by Gasteiger charge is 2.55. The maximum Gasteiger partial charge on any atom is 0.239 e. The number of nitrogens with zero attached hydrogens (tertiary/aromatic N) is 2. The zero-order valence-corrected chi connectivity index (χ0v) is 15.7. The Kier molecular flexibility index (Phi) is 4.31. The van der Waals surface area contributed by atoms with Crippen molar-refractivity contribution in [2.75, 3.05) is 32.8 Å². The van der Waals surface area contributed by atoms with Gasteiger partial charge in [-0.25, -0.2) is 0 Å². The van der Waals surface area contributed by atoms with Gasteiger partial charge in [0, 0.05) is 25.0 Å². The molecule has 0 aromatic rings. The molecule has 25 heavy (non-hydrogen) atoms. The average molecular weight is 349 g/mol. The summed E-state index contributed by atoms with van der Waals surface area (Å²) in [6.45, 7) is 9.69. The van der Waals surface area contributed by atoms with Crippen LogP contribution in [0.4, 0.5) is 0 Å². The summed E-state index contributed by atoms with van der Waals surface area (Å²) in [5.41, 5.74) is -0.253. The van der Waals surface area contributed by atoms with Crippen LogP contribution in [0.3, 0.4) is 0 Å². The molecule has 6 nitrogen and oxygen atoms in total. The van der Waals surface area contributed by atoms with E-state index in [-0.39, 0.29) is 29.5 Å². The van der Waals surface area contributed by atoms with E-state index in [1.807, 2.05) is 18.7 Å². The molecule has 2 aliphatic carbocycles. The number of hydrogen-bond acceptors (Lipinski definition) is 4. The molecule has 2 saturated heterocycles. The fourth-order valence-corrected chi connectivity index (χ4v) is 4.23. The zero-order chi connectivity index (χ0) is 17.8. The van der Waals surface area contributed by atoms with Gasteiger partial charge in [0.15, 0.2) is 0 Å². The van der Waals surface area contributed by atoms with Crippen molar-refractivity contribution >= 4 is 11.8 Å². The molecule has 1 N–H and O–H groups in total. The van der Waals surface area contributed by atoms with Gasteiger partial charge in [-0.1, -0.05) is 6.92 Å². The minimum atomic E-state index is -0.253. The van der Waals surface area contributed by atoms with E-state index in [1.165, 1.54) is 12.8 Å². The first kappa shape index (κ1) is 17.3. The molecule has 4 rings (SSSR count). The van der Waals surface area contributed by atoms with Crippen molar-refractivity contribution in [1.29, 1.82) is 0 Å². The van der Waals surface area contributed by atoms with E-state index < -0.39 is 0 Å². The van der Waals surface area contributed by atoms with E-state index in [4.69, 9.17) is 4.74 Å². The predicted molar refractivity (Wildman–Crippen MR) is 93.9 cm³/mol. The van der Waals surface area contributed by atoms with Crippen LogP contribution in [0.5, 0.6) is 0 Å². The SMILES string of the molecule is CC(C)NC(=O)C1COC2(CN(C(=O)C3CC3C)C2)CN1CC1CC1. The lowest BCUT2D eigenvalue weighted by atomic mass is 9.89. The predicted octanol–water partition coefficient (Wildman–Crippen LogP) is 0.859. The Balaban J connectivity index is 1.37. The van der Waals surface area contributed by atoms with E-state index in [2.05, 4.69) is 17.1 Å². The second-order valence-corrected chi connectivity index (χ2v) is 9.06. The van der Waals surface area contributed by atoms with Crippen LogP contribution < -0.4 is 5.32 Å². The molecule has 3 unspecified atom stereocenters. The summed E-state index contributed by atoms with van der Waals surface area (Å²) in [6, 6.07) is -0.0506. The Labute approximate surface area is 150 Å². The number of nitrogens with one attached hydrogen (secondary N) is 1. The van der Waals surface area contributed by atoms with Crippen molar-refractivity contribution in [3.05, 3.63) is 0 Å². The van der Waals surface area contributed by atoms with Crippen molar-refractivity contribution in [2.24, 2.45) is 17.8 Å². The highest BCUT2D eigenvalue weighted by Crippen LogP contribution is 2.42. The molecule has 0 aromatic heterocycles. The first-order chi connectivity index (χ1) is 11.9. The van der Waals surface area contributed by atoms with Gasteiger partial charge in [-0.2, -0.15) is 0 Å². The van der Waals surface area contributed by atoms with Crippen LogP contribution in [-0.4, -0.2) is 72.1 Å². The Morgan fingerprint density at radius 2 is 1.92 bits per heavy atom. The van der Waals surface area contributed by atoms with Crippen LogP contribution >= 0.6 is 0 Å². The largest absolute Gasteiger partial charge is 0.368 e. The van der Waals surface area contributed by atoms with Crippen molar-refractivity contribution < 1.29 is 14.3 Å². The molecule has 140 valence electrons. The van der Waals surface area contributed by atoms with Crippen LogP contribution in [-0.2, 0) is 14.3 Å². The normalized spacial score (nSPS) is 34.1. The van der Waals surface area contributed by atoms with Crippen LogP contribution in [0.25, 0.3) is 0 Å². The number of carbonyl (C=O) groups excluding carboxylic acids is 2. The van der Waals surface area contributed by atoms with E-state index in [9.17, 15) is 9.59 Å². The zero-order valence-electron chi connectivity index (χ0n) is 15.7. The van der Waals surface area contributed by atoms with Crippen molar-refractivity contribution in [2.45, 2.75) is 57.7 Å². The van der Waals surface area contributed by atoms with E-state index in [1.54, 1.807) is 0 Å². The van der Waals surface area contributed by atoms with Gasteiger partial charge in [0.1, 0.15) is 11.6 Å². The number of amides is 2. The summed E-state index contributed by atoms with van der Waals surface area (Å²) >= 11 is 0. The minimum absolute atomic E-state index is 0.0737. The smallest absolute Gasteiger partial charge is 0.239 e. The quantitative estimate of drug-likeness (QED) is 0.800. The highest BCUT2D eigenvalue weighted by molar-refractivity contribution is 5.83. The topological polar surface area (TPSA) is 61.9 Å². The second-order valence-electron chi connectivity index (χ2n) is 9.06. The molecule has 4 aliphatic rings. The molecule has 1 spiro atoms. The van der Waals surface area contributed by atoms with Gasteiger partial charge in [0.2, 0.25) is 11.8 Å². The molecule has 0 radical (unpaired) electrons. The number of likely N-dealkylation sites (tertiary alicyclic amines) is 1. The van der Waals surface area contributed by atoms with Gasteiger partial charge >= 0.3 is 0 Å². The van der Waals surface area contributed by atoms with Gasteiger partial charge in [0.25, 0.3) is 0 Å². The molecule has 2 aliphatic heterocycles. The summed E-state index contributed by atoms with van der Waals surface area (Å²) in [6.07, 6.45) is 3.58. The first-order valence-electron chi connectivity index (χ1n) is 9.84. The number of carbonyl (C=O) groups is 2. The Bertz CT molecular complexity index is 554. The van der Waals surface area contributed by atoms with Gasteiger partial charge in [-0.05, 0) is 44.9 Å². The molecule has 4 fully saturated rings. The average Bonchev–Trinajstić information content (AvgIpc) is 3.41. The maximum atomic E-state index is 12.5. The molecular weight excluding hydrogens is 318 g/mol. The van der Waals surface area contributed by atoms with E-state index in [0.717, 1.165) is 25.4 Å². The Morgan fingerprint density at radius 3 is 2.48 bits per heavy atom. The number of ether oxygens (including phenoxy) is 1. The van der Waals surface area contributed by atoms with Crippen LogP contribution in [0.1, 0.15) is 40.0 Å². The van der Waals surface area contributed by atoms with Crippen LogP contribution in [0, 0.1) is 17.8 Å². The molecule has 6 heteroatoms. The summed E-state index contributed by atoms with van der Waals surface area (Å²) in [5, 5.41) is 3.03. The summed E-state index contributed by atoms with van der Waals surface area (Å²) in [4.78, 5) is 29.2. The lowest BCUT2D eigenvalue weighted by Crippen LogP contribution is -2.74. The third kappa shape index (κ3) is 3.56. The van der Waals surface area contributed by atoms with Crippen molar-refractivity contribution in [3.8, 4) is 0 Å². The summed E-state index contributed by atoms with van der Waals surface area (Å²) in [5.74, 6) is 1.90. The standard InChI is InChI=1S/C19H31N3O3/c1-12(2)20-17(23)16-8-25-19(9-21(16)7-14-4-5-14)10-22(11-19)18(24)15-6-13(15)3/h12-16H,4-11H2,1-3H3,(H,20,23). The fraction of sp³-hybridized carbons (Fsp3) is 0.895. The molecule has 2 amide bonds. The van der Waals surface area contributed by atoms with Gasteiger partial charge in [-0.3, -0.25) is 14.5 Å². The minimum Gasteiger partial charge on any atom is -0.368 e.